The van der Waals surface area contributed by atoms with Gasteiger partial charge in [-0.3, -0.25) is 19.2 Å². The van der Waals surface area contributed by atoms with Crippen LogP contribution < -0.4 is 42.3 Å². The van der Waals surface area contributed by atoms with Gasteiger partial charge in [0.1, 0.15) is 11.5 Å². The Morgan fingerprint density at radius 1 is 0.619 bits per heavy atom. The van der Waals surface area contributed by atoms with Gasteiger partial charge in [-0.25, -0.2) is 0 Å². The minimum Gasteiger partial charge on any atom is -0.497 e. The van der Waals surface area contributed by atoms with Crippen molar-refractivity contribution in [2.24, 2.45) is 5.73 Å². The molecule has 5 N–H and O–H groups in total. The van der Waals surface area contributed by atoms with E-state index in [4.69, 9.17) is 15.2 Å². The summed E-state index contributed by atoms with van der Waals surface area (Å²) in [4.78, 5) is 55.0. The van der Waals surface area contributed by atoms with Crippen molar-refractivity contribution in [3.8, 4) is 11.5 Å². The van der Waals surface area contributed by atoms with Gasteiger partial charge in [-0.1, -0.05) is 36.4 Å². The number of methoxy groups -OCH3 is 2. The molecule has 2 saturated heterocycles. The van der Waals surface area contributed by atoms with Crippen LogP contribution in [0.3, 0.4) is 0 Å². The number of nitrogens with one attached hydrogen (secondary N) is 3. The number of carbonyl (C=O) groups excluding carboxylic acids is 2. The van der Waals surface area contributed by atoms with Crippen LogP contribution in [-0.4, -0.2) is 110 Å². The first kappa shape index (κ1) is 45.0. The summed E-state index contributed by atoms with van der Waals surface area (Å²) in [6.07, 6.45) is 4.12. The molecule has 2 aromatic heterocycles. The Kier molecular flexibility index (Phi) is 14.9. The van der Waals surface area contributed by atoms with Gasteiger partial charge >= 0.3 is 0 Å². The molecular weight excluding hydrogens is 797 g/mol. The Bertz CT molecular complexity index is 2680. The number of ether oxygens (including phenoxy) is 2. The molecule has 0 radical (unpaired) electrons. The third kappa shape index (κ3) is 10.8. The second kappa shape index (κ2) is 20.9. The van der Waals surface area contributed by atoms with Crippen molar-refractivity contribution in [3.05, 3.63) is 128 Å². The van der Waals surface area contributed by atoms with Gasteiger partial charge < -0.3 is 50.1 Å². The first-order valence-electron chi connectivity index (χ1n) is 21.9. The molecule has 14 nitrogen and oxygen atoms in total. The number of hydrogen-bond acceptors (Lipinski definition) is 10. The van der Waals surface area contributed by atoms with Crippen molar-refractivity contribution in [1.29, 1.82) is 0 Å². The summed E-state index contributed by atoms with van der Waals surface area (Å²) in [5.74, 6) is 0.781. The molecule has 2 aliphatic rings. The molecule has 6 aromatic rings. The summed E-state index contributed by atoms with van der Waals surface area (Å²) < 4.78 is 14.2. The van der Waals surface area contributed by atoms with E-state index in [0.29, 0.717) is 47.3 Å². The summed E-state index contributed by atoms with van der Waals surface area (Å²) in [5, 5.41) is 13.0. The topological polar surface area (TPSA) is 165 Å². The van der Waals surface area contributed by atoms with Crippen LogP contribution in [0.5, 0.6) is 11.5 Å². The molecule has 0 atom stereocenters. The quantitative estimate of drug-likeness (QED) is 0.129. The number of nitrogens with zero attached hydrogens (tertiary/aromatic N) is 4. The summed E-state index contributed by atoms with van der Waals surface area (Å²) in [7, 11) is 6.32. The average Bonchev–Trinajstić information content (AvgIpc) is 3.32. The minimum absolute atomic E-state index is 0.175. The highest BCUT2D eigenvalue weighted by atomic mass is 16.5. The Balaban J connectivity index is 0.000000201. The molecule has 4 heterocycles. The molecule has 2 aliphatic heterocycles. The maximum Gasteiger partial charge on any atom is 0.251 e. The number of piperidine rings is 2. The van der Waals surface area contributed by atoms with E-state index in [0.717, 1.165) is 87.8 Å². The SMILES string of the molecule is CNC(=O)c1cc(=O)n(CCN2CCC(N)CC2)c2cc(OC)ccc12.CNC(=O)c1cc(=O)n(CCN2CCC(NCc3ccc4ccccc4c3)CC2)c2cc(OC)ccc12. The van der Waals surface area contributed by atoms with Crippen molar-refractivity contribution in [1.82, 2.24) is 34.9 Å². The third-order valence-corrected chi connectivity index (χ3v) is 12.5. The number of nitrogens with two attached hydrogens (primary N) is 1. The number of rotatable bonds is 13. The molecule has 0 spiro atoms. The molecule has 14 heteroatoms. The Morgan fingerprint density at radius 3 is 1.60 bits per heavy atom. The smallest absolute Gasteiger partial charge is 0.251 e. The van der Waals surface area contributed by atoms with E-state index in [9.17, 15) is 19.2 Å². The zero-order chi connectivity index (χ0) is 44.5. The zero-order valence-electron chi connectivity index (χ0n) is 36.8. The summed E-state index contributed by atoms with van der Waals surface area (Å²) >= 11 is 0. The van der Waals surface area contributed by atoms with Crippen LogP contribution >= 0.6 is 0 Å². The van der Waals surface area contributed by atoms with E-state index in [1.54, 1.807) is 43.5 Å². The fourth-order valence-corrected chi connectivity index (χ4v) is 8.71. The summed E-state index contributed by atoms with van der Waals surface area (Å²) in [6.45, 7) is 7.43. The van der Waals surface area contributed by atoms with Gasteiger partial charge in [0.25, 0.3) is 22.9 Å². The highest BCUT2D eigenvalue weighted by Gasteiger charge is 2.21. The second-order valence-corrected chi connectivity index (χ2v) is 16.4. The van der Waals surface area contributed by atoms with Crippen molar-refractivity contribution in [3.63, 3.8) is 0 Å². The molecule has 2 amide bonds. The lowest BCUT2D eigenvalue weighted by Gasteiger charge is -2.32. The van der Waals surface area contributed by atoms with Crippen LogP contribution in [0.1, 0.15) is 52.0 Å². The van der Waals surface area contributed by atoms with E-state index in [1.807, 2.05) is 30.3 Å². The predicted molar refractivity (Wildman–Crippen MR) is 250 cm³/mol. The van der Waals surface area contributed by atoms with Gasteiger partial charge in [0.2, 0.25) is 0 Å². The number of benzene rings is 4. The molecule has 0 aliphatic carbocycles. The predicted octanol–water partition coefficient (Wildman–Crippen LogP) is 4.57. The van der Waals surface area contributed by atoms with Crippen molar-refractivity contribution in [2.45, 2.75) is 57.4 Å². The Labute approximate surface area is 367 Å². The largest absolute Gasteiger partial charge is 0.497 e. The van der Waals surface area contributed by atoms with E-state index in [2.05, 4.69) is 68.2 Å². The number of hydrogen-bond donors (Lipinski definition) is 4. The van der Waals surface area contributed by atoms with Crippen LogP contribution in [0.25, 0.3) is 32.6 Å². The number of fused-ring (bicyclic) bond motifs is 3. The highest BCUT2D eigenvalue weighted by molar-refractivity contribution is 6.07. The first-order chi connectivity index (χ1) is 30.6. The number of aromatic nitrogens is 2. The fraction of sp³-hybridized carbons (Fsp3) is 0.388. The van der Waals surface area contributed by atoms with Crippen LogP contribution in [0.4, 0.5) is 0 Å². The molecular formula is C49H60N8O6. The number of amides is 2. The lowest BCUT2D eigenvalue weighted by Crippen LogP contribution is -2.43. The molecule has 0 bridgehead atoms. The van der Waals surface area contributed by atoms with Crippen molar-refractivity contribution in [2.75, 3.05) is 67.6 Å². The van der Waals surface area contributed by atoms with Gasteiger partial charge in [-0.2, -0.15) is 0 Å². The molecule has 332 valence electrons. The monoisotopic (exact) mass is 856 g/mol. The normalized spacial score (nSPS) is 15.3. The maximum atomic E-state index is 13.0. The second-order valence-electron chi connectivity index (χ2n) is 16.4. The van der Waals surface area contributed by atoms with Gasteiger partial charge in [-0.15, -0.1) is 0 Å². The van der Waals surface area contributed by atoms with Crippen LogP contribution in [0, 0.1) is 0 Å². The number of likely N-dealkylation sites (tertiary alicyclic amines) is 2. The standard InChI is InChI=1S/C30H34N4O3.C19H26N4O3/c1-31-30(36)27-19-29(35)34(28-18-25(37-2)9-10-26(27)28)16-15-33-13-11-24(12-14-33)32-20-21-7-8-22-5-3-4-6-23(22)17-21;1-21-19(25)16-12-18(24)23(10-9-22-7-5-13(20)6-8-22)17-11-14(26-2)3-4-15(16)17/h3-10,17-19,24,32H,11-16,20H2,1-2H3,(H,31,36);3-4,11-13H,5-10,20H2,1-2H3,(H,21,25). The highest BCUT2D eigenvalue weighted by Crippen LogP contribution is 2.25. The molecule has 4 aromatic carbocycles. The fourth-order valence-electron chi connectivity index (χ4n) is 8.71. The van der Waals surface area contributed by atoms with E-state index in [1.165, 1.54) is 28.5 Å². The van der Waals surface area contributed by atoms with Crippen LogP contribution in [0.15, 0.2) is 101 Å². The van der Waals surface area contributed by atoms with Gasteiger partial charge in [0.15, 0.2) is 0 Å². The zero-order valence-corrected chi connectivity index (χ0v) is 36.8. The van der Waals surface area contributed by atoms with Crippen LogP contribution in [0.2, 0.25) is 0 Å². The Morgan fingerprint density at radius 2 is 1.11 bits per heavy atom. The van der Waals surface area contributed by atoms with Crippen molar-refractivity contribution < 1.29 is 19.1 Å². The maximum absolute atomic E-state index is 13.0. The van der Waals surface area contributed by atoms with Crippen molar-refractivity contribution >= 4 is 44.4 Å². The van der Waals surface area contributed by atoms with E-state index in [-0.39, 0.29) is 29.0 Å². The summed E-state index contributed by atoms with van der Waals surface area (Å²) in [5.41, 5.74) is 9.12. The lowest BCUT2D eigenvalue weighted by molar-refractivity contribution is 0.0956. The third-order valence-electron chi connectivity index (χ3n) is 12.5. The number of carbonyl (C=O) groups is 2. The number of pyridine rings is 2. The molecule has 8 rings (SSSR count). The summed E-state index contributed by atoms with van der Waals surface area (Å²) in [6, 6.07) is 29.7. The van der Waals surface area contributed by atoms with Gasteiger partial charge in [0.05, 0.1) is 36.4 Å². The molecule has 2 fully saturated rings. The van der Waals surface area contributed by atoms with E-state index < -0.39 is 0 Å². The molecule has 63 heavy (non-hydrogen) atoms. The molecule has 0 saturated carbocycles. The van der Waals surface area contributed by atoms with Crippen LogP contribution in [-0.2, 0) is 19.6 Å². The van der Waals surface area contributed by atoms with Gasteiger partial charge in [0, 0.05) is 93.9 Å². The Hall–Kier alpha value is -6.06. The first-order valence-corrected chi connectivity index (χ1v) is 21.9. The van der Waals surface area contributed by atoms with E-state index >= 15 is 0 Å². The average molecular weight is 857 g/mol. The van der Waals surface area contributed by atoms with Gasteiger partial charge in [-0.05, 0) is 98.5 Å². The minimum atomic E-state index is -0.269. The molecule has 0 unspecified atom stereocenters. The lowest BCUT2D eigenvalue weighted by atomic mass is 10.0.